The molecule has 0 unspecified atom stereocenters. The van der Waals surface area contributed by atoms with E-state index in [1.807, 2.05) is 38.1 Å². The van der Waals surface area contributed by atoms with Crippen LogP contribution >= 0.6 is 0 Å². The number of benzene rings is 1. The second kappa shape index (κ2) is 4.82. The third kappa shape index (κ3) is 2.72. The summed E-state index contributed by atoms with van der Waals surface area (Å²) in [6, 6.07) is 9.38. The molecule has 1 aromatic heterocycles. The summed E-state index contributed by atoms with van der Waals surface area (Å²) in [4.78, 5) is 15.7. The fourth-order valence-corrected chi connectivity index (χ4v) is 1.56. The van der Waals surface area contributed by atoms with Crippen molar-refractivity contribution in [3.05, 3.63) is 36.5 Å². The molecule has 0 fully saturated rings. The Kier molecular flexibility index (Phi) is 3.23. The Bertz CT molecular complexity index is 532. The van der Waals surface area contributed by atoms with E-state index in [-0.39, 0.29) is 6.10 Å². The van der Waals surface area contributed by atoms with Crippen LogP contribution in [0.5, 0.6) is 0 Å². The van der Waals surface area contributed by atoms with Gasteiger partial charge < -0.3 is 4.74 Å². The zero-order chi connectivity index (χ0) is 12.3. The van der Waals surface area contributed by atoms with Gasteiger partial charge in [-0.2, -0.15) is 0 Å². The first-order valence-electron chi connectivity index (χ1n) is 5.48. The third-order valence-electron chi connectivity index (χ3n) is 2.23. The van der Waals surface area contributed by atoms with Gasteiger partial charge in [-0.25, -0.2) is 4.79 Å². The lowest BCUT2D eigenvalue weighted by Crippen LogP contribution is -2.18. The van der Waals surface area contributed by atoms with Gasteiger partial charge >= 0.3 is 6.09 Å². The topological polar surface area (TPSA) is 51.2 Å². The number of fused-ring (bicyclic) bond motifs is 1. The van der Waals surface area contributed by atoms with Crippen LogP contribution in [0.2, 0.25) is 0 Å². The number of nitrogens with one attached hydrogen (secondary N) is 1. The van der Waals surface area contributed by atoms with Crippen molar-refractivity contribution in [1.82, 2.24) is 4.98 Å². The summed E-state index contributed by atoms with van der Waals surface area (Å²) in [6.45, 7) is 3.62. The van der Waals surface area contributed by atoms with Gasteiger partial charge in [-0.15, -0.1) is 0 Å². The summed E-state index contributed by atoms with van der Waals surface area (Å²) in [6.07, 6.45) is 1.08. The van der Waals surface area contributed by atoms with Gasteiger partial charge in [0, 0.05) is 11.6 Å². The van der Waals surface area contributed by atoms with E-state index in [9.17, 15) is 4.79 Å². The summed E-state index contributed by atoms with van der Waals surface area (Å²) >= 11 is 0. The molecule has 0 aliphatic heterocycles. The number of pyridine rings is 1. The summed E-state index contributed by atoms with van der Waals surface area (Å²) in [7, 11) is 0. The molecule has 1 N–H and O–H groups in total. The van der Waals surface area contributed by atoms with Crippen LogP contribution in [0, 0.1) is 0 Å². The maximum atomic E-state index is 11.5. The van der Waals surface area contributed by atoms with E-state index < -0.39 is 6.09 Å². The van der Waals surface area contributed by atoms with Gasteiger partial charge in [-0.05, 0) is 26.0 Å². The monoisotopic (exact) mass is 230 g/mol. The minimum atomic E-state index is -0.448. The van der Waals surface area contributed by atoms with Gasteiger partial charge in [0.15, 0.2) is 0 Å². The molecule has 4 nitrogen and oxygen atoms in total. The number of hydrogen-bond acceptors (Lipinski definition) is 3. The van der Waals surface area contributed by atoms with Crippen LogP contribution in [0.1, 0.15) is 13.8 Å². The van der Waals surface area contributed by atoms with Crippen LogP contribution in [-0.4, -0.2) is 17.2 Å². The molecule has 0 aliphatic carbocycles. The largest absolute Gasteiger partial charge is 0.447 e. The number of hydrogen-bond donors (Lipinski definition) is 1. The Balaban J connectivity index is 2.27. The first kappa shape index (κ1) is 11.4. The highest BCUT2D eigenvalue weighted by molar-refractivity contribution is 5.98. The van der Waals surface area contributed by atoms with Crippen molar-refractivity contribution in [3.8, 4) is 0 Å². The SMILES string of the molecule is CC(C)OC(=O)Nc1ccnc2ccccc12. The Morgan fingerprint density at radius 1 is 1.29 bits per heavy atom. The smallest absolute Gasteiger partial charge is 0.411 e. The fraction of sp³-hybridized carbons (Fsp3) is 0.231. The molecule has 1 heterocycles. The number of ether oxygens (including phenoxy) is 1. The molecule has 0 bridgehead atoms. The second-order valence-corrected chi connectivity index (χ2v) is 3.95. The van der Waals surface area contributed by atoms with E-state index >= 15 is 0 Å². The van der Waals surface area contributed by atoms with Crippen molar-refractivity contribution in [1.29, 1.82) is 0 Å². The zero-order valence-corrected chi connectivity index (χ0v) is 9.81. The van der Waals surface area contributed by atoms with Gasteiger partial charge in [0.05, 0.1) is 17.3 Å². The predicted molar refractivity (Wildman–Crippen MR) is 67.0 cm³/mol. The van der Waals surface area contributed by atoms with Crippen molar-refractivity contribution < 1.29 is 9.53 Å². The van der Waals surface area contributed by atoms with Crippen LogP contribution in [-0.2, 0) is 4.74 Å². The first-order valence-corrected chi connectivity index (χ1v) is 5.48. The van der Waals surface area contributed by atoms with E-state index in [2.05, 4.69) is 10.3 Å². The number of carbonyl (C=O) groups is 1. The molecule has 2 aromatic rings. The van der Waals surface area contributed by atoms with E-state index in [0.717, 1.165) is 10.9 Å². The maximum absolute atomic E-state index is 11.5. The molecule has 4 heteroatoms. The van der Waals surface area contributed by atoms with Gasteiger partial charge in [-0.1, -0.05) is 18.2 Å². The Morgan fingerprint density at radius 3 is 2.82 bits per heavy atom. The Labute approximate surface area is 99.6 Å². The van der Waals surface area contributed by atoms with Crippen LogP contribution < -0.4 is 5.32 Å². The maximum Gasteiger partial charge on any atom is 0.411 e. The summed E-state index contributed by atoms with van der Waals surface area (Å²) < 4.78 is 5.03. The number of carbonyl (C=O) groups excluding carboxylic acids is 1. The van der Waals surface area contributed by atoms with Crippen molar-refractivity contribution in [2.75, 3.05) is 5.32 Å². The van der Waals surface area contributed by atoms with E-state index in [1.54, 1.807) is 12.3 Å². The zero-order valence-electron chi connectivity index (χ0n) is 9.81. The number of nitrogens with zero attached hydrogens (tertiary/aromatic N) is 1. The van der Waals surface area contributed by atoms with Crippen molar-refractivity contribution in [2.45, 2.75) is 20.0 Å². The number of para-hydroxylation sites is 1. The molecule has 1 amide bonds. The Morgan fingerprint density at radius 2 is 2.06 bits per heavy atom. The molecular formula is C13H14N2O2. The lowest BCUT2D eigenvalue weighted by molar-refractivity contribution is 0.130. The van der Waals surface area contributed by atoms with Crippen molar-refractivity contribution >= 4 is 22.7 Å². The molecule has 0 atom stereocenters. The van der Waals surface area contributed by atoms with Gasteiger partial charge in [0.2, 0.25) is 0 Å². The Hall–Kier alpha value is -2.10. The molecule has 2 rings (SSSR count). The van der Waals surface area contributed by atoms with E-state index in [4.69, 9.17) is 4.74 Å². The predicted octanol–water partition coefficient (Wildman–Crippen LogP) is 3.19. The standard InChI is InChI=1S/C13H14N2O2/c1-9(2)17-13(16)15-12-7-8-14-11-6-4-3-5-10(11)12/h3-9H,1-2H3,(H,14,15,16). The van der Waals surface area contributed by atoms with Crippen molar-refractivity contribution in [3.63, 3.8) is 0 Å². The molecule has 88 valence electrons. The molecule has 0 radical (unpaired) electrons. The molecule has 0 spiro atoms. The quantitative estimate of drug-likeness (QED) is 0.861. The fourth-order valence-electron chi connectivity index (χ4n) is 1.56. The lowest BCUT2D eigenvalue weighted by Gasteiger charge is -2.10. The van der Waals surface area contributed by atoms with Gasteiger partial charge in [0.1, 0.15) is 0 Å². The van der Waals surface area contributed by atoms with Gasteiger partial charge in [-0.3, -0.25) is 10.3 Å². The highest BCUT2D eigenvalue weighted by Crippen LogP contribution is 2.20. The summed E-state index contributed by atoms with van der Waals surface area (Å²) in [5.41, 5.74) is 1.55. The number of aromatic nitrogens is 1. The van der Waals surface area contributed by atoms with E-state index in [1.165, 1.54) is 0 Å². The van der Waals surface area contributed by atoms with Crippen LogP contribution in [0.4, 0.5) is 10.5 Å². The average Bonchev–Trinajstić information content (AvgIpc) is 2.28. The number of rotatable bonds is 2. The third-order valence-corrected chi connectivity index (χ3v) is 2.23. The minimum Gasteiger partial charge on any atom is -0.447 e. The molecule has 1 aromatic carbocycles. The number of anilines is 1. The van der Waals surface area contributed by atoms with Gasteiger partial charge in [0.25, 0.3) is 0 Å². The molecule has 0 saturated carbocycles. The lowest BCUT2D eigenvalue weighted by atomic mass is 10.2. The minimum absolute atomic E-state index is 0.136. The molecule has 0 saturated heterocycles. The van der Waals surface area contributed by atoms with Crippen LogP contribution in [0.15, 0.2) is 36.5 Å². The summed E-state index contributed by atoms with van der Waals surface area (Å²) in [5.74, 6) is 0. The second-order valence-electron chi connectivity index (χ2n) is 3.95. The highest BCUT2D eigenvalue weighted by Gasteiger charge is 2.07. The van der Waals surface area contributed by atoms with Crippen LogP contribution in [0.3, 0.4) is 0 Å². The highest BCUT2D eigenvalue weighted by atomic mass is 16.6. The van der Waals surface area contributed by atoms with E-state index in [0.29, 0.717) is 5.69 Å². The summed E-state index contributed by atoms with van der Waals surface area (Å²) in [5, 5.41) is 3.61. The van der Waals surface area contributed by atoms with Crippen molar-refractivity contribution in [2.24, 2.45) is 0 Å². The molecule has 17 heavy (non-hydrogen) atoms. The average molecular weight is 230 g/mol. The molecular weight excluding hydrogens is 216 g/mol. The van der Waals surface area contributed by atoms with Crippen LogP contribution in [0.25, 0.3) is 10.9 Å². The first-order chi connectivity index (χ1) is 8.16. The number of amides is 1. The normalized spacial score (nSPS) is 10.5. The molecule has 0 aliphatic rings.